The van der Waals surface area contributed by atoms with Gasteiger partial charge in [-0.05, 0) is 40.5 Å². The van der Waals surface area contributed by atoms with Crippen LogP contribution in [0.1, 0.15) is 40.5 Å². The number of nitrogens with zero attached hydrogens (tertiary/aromatic N) is 3. The Kier molecular flexibility index (Phi) is 5.15. The molecule has 2 fully saturated rings. The van der Waals surface area contributed by atoms with Crippen LogP contribution in [0.25, 0.3) is 0 Å². The molecule has 0 aromatic carbocycles. The van der Waals surface area contributed by atoms with E-state index in [4.69, 9.17) is 4.74 Å². The minimum absolute atomic E-state index is 0.0320. The van der Waals surface area contributed by atoms with Gasteiger partial charge in [0.05, 0.1) is 12.2 Å². The molecule has 5 heteroatoms. The van der Waals surface area contributed by atoms with Crippen molar-refractivity contribution < 1.29 is 9.53 Å². The number of ether oxygens (including phenoxy) is 1. The first kappa shape index (κ1) is 16.6. The molecule has 0 aliphatic carbocycles. The SMILES string of the molecule is CC(C)N1CCOC2(CCN(C(=O)N(C)C(C)C)CC2)C1. The molecular formula is C16H31N3O2. The Hall–Kier alpha value is -0.810. The summed E-state index contributed by atoms with van der Waals surface area (Å²) in [5.74, 6) is 0. The molecule has 0 radical (unpaired) electrons. The average molecular weight is 297 g/mol. The maximum Gasteiger partial charge on any atom is 0.319 e. The van der Waals surface area contributed by atoms with Crippen LogP contribution in [0.15, 0.2) is 0 Å². The Labute approximate surface area is 129 Å². The summed E-state index contributed by atoms with van der Waals surface area (Å²) in [5, 5.41) is 0. The average Bonchev–Trinajstić information content (AvgIpc) is 2.46. The number of likely N-dealkylation sites (tertiary alicyclic amines) is 1. The van der Waals surface area contributed by atoms with Crippen molar-refractivity contribution in [3.8, 4) is 0 Å². The number of morpholine rings is 1. The van der Waals surface area contributed by atoms with Crippen molar-refractivity contribution in [2.45, 2.75) is 58.2 Å². The molecule has 0 saturated carbocycles. The lowest BCUT2D eigenvalue weighted by molar-refractivity contribution is -0.138. The van der Waals surface area contributed by atoms with E-state index in [2.05, 4.69) is 18.7 Å². The molecule has 0 unspecified atom stereocenters. The van der Waals surface area contributed by atoms with Crippen molar-refractivity contribution in [1.29, 1.82) is 0 Å². The normalized spacial score (nSPS) is 23.1. The summed E-state index contributed by atoms with van der Waals surface area (Å²) in [6, 6.07) is 0.963. The molecule has 0 bridgehead atoms. The highest BCUT2D eigenvalue weighted by atomic mass is 16.5. The first-order chi connectivity index (χ1) is 9.84. The van der Waals surface area contributed by atoms with Crippen LogP contribution in [0.2, 0.25) is 0 Å². The van der Waals surface area contributed by atoms with Crippen LogP contribution in [0.4, 0.5) is 4.79 Å². The van der Waals surface area contributed by atoms with E-state index < -0.39 is 0 Å². The topological polar surface area (TPSA) is 36.0 Å². The molecule has 0 N–H and O–H groups in total. The molecule has 2 aliphatic rings. The molecule has 0 aromatic rings. The molecule has 2 saturated heterocycles. The van der Waals surface area contributed by atoms with Crippen molar-refractivity contribution in [2.75, 3.05) is 39.8 Å². The van der Waals surface area contributed by atoms with Gasteiger partial charge in [-0.3, -0.25) is 4.90 Å². The van der Waals surface area contributed by atoms with Crippen LogP contribution in [0.5, 0.6) is 0 Å². The van der Waals surface area contributed by atoms with Gasteiger partial charge in [0.2, 0.25) is 0 Å². The van der Waals surface area contributed by atoms with Gasteiger partial charge < -0.3 is 14.5 Å². The van der Waals surface area contributed by atoms with E-state index in [1.165, 1.54) is 0 Å². The van der Waals surface area contributed by atoms with E-state index in [-0.39, 0.29) is 17.7 Å². The number of hydrogen-bond donors (Lipinski definition) is 0. The number of carbonyl (C=O) groups is 1. The summed E-state index contributed by atoms with van der Waals surface area (Å²) in [6.07, 6.45) is 1.90. The molecular weight excluding hydrogens is 266 g/mol. The van der Waals surface area contributed by atoms with E-state index in [1.807, 2.05) is 30.7 Å². The number of urea groups is 1. The van der Waals surface area contributed by atoms with Crippen molar-refractivity contribution >= 4 is 6.03 Å². The summed E-state index contributed by atoms with van der Waals surface area (Å²) in [7, 11) is 1.88. The first-order valence-electron chi connectivity index (χ1n) is 8.24. The fraction of sp³-hybridized carbons (Fsp3) is 0.938. The second kappa shape index (κ2) is 6.53. The van der Waals surface area contributed by atoms with Gasteiger partial charge in [0.1, 0.15) is 0 Å². The highest BCUT2D eigenvalue weighted by molar-refractivity contribution is 5.74. The minimum atomic E-state index is -0.0320. The minimum Gasteiger partial charge on any atom is -0.372 e. The molecule has 2 amide bonds. The molecule has 2 rings (SSSR count). The second-order valence-corrected chi connectivity index (χ2v) is 7.07. The summed E-state index contributed by atoms with van der Waals surface area (Å²) >= 11 is 0. The summed E-state index contributed by atoms with van der Waals surface area (Å²) in [5.41, 5.74) is -0.0320. The highest BCUT2D eigenvalue weighted by Gasteiger charge is 2.41. The van der Waals surface area contributed by atoms with Gasteiger partial charge >= 0.3 is 6.03 Å². The quantitative estimate of drug-likeness (QED) is 0.782. The lowest BCUT2D eigenvalue weighted by Crippen LogP contribution is -2.59. The van der Waals surface area contributed by atoms with Crippen LogP contribution < -0.4 is 0 Å². The van der Waals surface area contributed by atoms with E-state index >= 15 is 0 Å². The maximum atomic E-state index is 12.4. The van der Waals surface area contributed by atoms with Crippen LogP contribution in [0.3, 0.4) is 0 Å². The predicted octanol–water partition coefficient (Wildman–Crippen LogP) is 2.02. The summed E-state index contributed by atoms with van der Waals surface area (Å²) < 4.78 is 6.13. The van der Waals surface area contributed by atoms with Gasteiger partial charge in [0, 0.05) is 45.3 Å². The first-order valence-corrected chi connectivity index (χ1v) is 8.24. The lowest BCUT2D eigenvalue weighted by atomic mass is 9.89. The van der Waals surface area contributed by atoms with E-state index in [1.54, 1.807) is 0 Å². The van der Waals surface area contributed by atoms with Crippen molar-refractivity contribution in [1.82, 2.24) is 14.7 Å². The number of amides is 2. The highest BCUT2D eigenvalue weighted by Crippen LogP contribution is 2.31. The second-order valence-electron chi connectivity index (χ2n) is 7.07. The molecule has 2 heterocycles. The zero-order valence-corrected chi connectivity index (χ0v) is 14.3. The predicted molar refractivity (Wildman–Crippen MR) is 84.5 cm³/mol. The fourth-order valence-electron chi connectivity index (χ4n) is 3.17. The van der Waals surface area contributed by atoms with Crippen molar-refractivity contribution in [2.24, 2.45) is 0 Å². The largest absolute Gasteiger partial charge is 0.372 e. The van der Waals surface area contributed by atoms with Gasteiger partial charge in [-0.15, -0.1) is 0 Å². The Bertz CT molecular complexity index is 363. The summed E-state index contributed by atoms with van der Waals surface area (Å²) in [6.45, 7) is 13.1. The molecule has 0 atom stereocenters. The van der Waals surface area contributed by atoms with Crippen LogP contribution in [0, 0.1) is 0 Å². The monoisotopic (exact) mass is 297 g/mol. The van der Waals surface area contributed by atoms with Gasteiger partial charge in [-0.25, -0.2) is 4.79 Å². The third-order valence-electron chi connectivity index (χ3n) is 5.03. The zero-order valence-electron chi connectivity index (χ0n) is 14.3. The maximum absolute atomic E-state index is 12.4. The standard InChI is InChI=1S/C16H31N3O2/c1-13(2)17(5)15(20)18-8-6-16(7-9-18)12-19(14(3)4)10-11-21-16/h13-14H,6-12H2,1-5H3. The van der Waals surface area contributed by atoms with Gasteiger partial charge in [-0.2, -0.15) is 0 Å². The lowest BCUT2D eigenvalue weighted by Gasteiger charge is -2.48. The van der Waals surface area contributed by atoms with E-state index in [0.717, 1.165) is 45.6 Å². The molecule has 21 heavy (non-hydrogen) atoms. The Morgan fingerprint density at radius 2 is 1.76 bits per heavy atom. The third kappa shape index (κ3) is 3.69. The Morgan fingerprint density at radius 3 is 2.29 bits per heavy atom. The third-order valence-corrected chi connectivity index (χ3v) is 5.03. The van der Waals surface area contributed by atoms with Crippen LogP contribution in [-0.4, -0.2) is 78.2 Å². The van der Waals surface area contributed by atoms with Crippen LogP contribution in [-0.2, 0) is 4.74 Å². The van der Waals surface area contributed by atoms with Crippen molar-refractivity contribution in [3.63, 3.8) is 0 Å². The fourth-order valence-corrected chi connectivity index (χ4v) is 3.17. The Balaban J connectivity index is 1.92. The number of rotatable bonds is 2. The molecule has 2 aliphatic heterocycles. The molecule has 5 nitrogen and oxygen atoms in total. The smallest absolute Gasteiger partial charge is 0.319 e. The summed E-state index contributed by atoms with van der Waals surface area (Å²) in [4.78, 5) is 18.7. The van der Waals surface area contributed by atoms with Crippen molar-refractivity contribution in [3.05, 3.63) is 0 Å². The van der Waals surface area contributed by atoms with Gasteiger partial charge in [0.25, 0.3) is 0 Å². The number of piperidine rings is 1. The molecule has 1 spiro atoms. The van der Waals surface area contributed by atoms with Gasteiger partial charge in [0.15, 0.2) is 0 Å². The Morgan fingerprint density at radius 1 is 1.14 bits per heavy atom. The van der Waals surface area contributed by atoms with E-state index in [9.17, 15) is 4.79 Å². The zero-order chi connectivity index (χ0) is 15.6. The molecule has 122 valence electrons. The van der Waals surface area contributed by atoms with E-state index in [0.29, 0.717) is 6.04 Å². The number of hydrogen-bond acceptors (Lipinski definition) is 3. The molecule has 0 aromatic heterocycles. The van der Waals surface area contributed by atoms with Crippen LogP contribution >= 0.6 is 0 Å². The number of carbonyl (C=O) groups excluding carboxylic acids is 1. The van der Waals surface area contributed by atoms with Gasteiger partial charge in [-0.1, -0.05) is 0 Å².